The molecular weight excluding hydrogens is 352 g/mol. The molecular formula is C22H22N4O2. The molecule has 0 atom stereocenters. The summed E-state index contributed by atoms with van der Waals surface area (Å²) in [7, 11) is 0. The molecule has 2 N–H and O–H groups in total. The molecule has 0 aliphatic heterocycles. The van der Waals surface area contributed by atoms with Gasteiger partial charge < -0.3 is 15.4 Å². The van der Waals surface area contributed by atoms with E-state index in [1.165, 1.54) is 12.8 Å². The first kappa shape index (κ1) is 18.0. The molecule has 1 saturated carbocycles. The highest BCUT2D eigenvalue weighted by molar-refractivity contribution is 6.03. The Morgan fingerprint density at radius 2 is 1.71 bits per heavy atom. The number of carbonyl (C=O) groups is 1. The number of aromatic nitrogens is 2. The summed E-state index contributed by atoms with van der Waals surface area (Å²) in [4.78, 5) is 21.3. The molecule has 4 rings (SSSR count). The van der Waals surface area contributed by atoms with E-state index < -0.39 is 0 Å². The van der Waals surface area contributed by atoms with Crippen LogP contribution in [0.15, 0.2) is 66.9 Å². The number of amides is 1. The maximum atomic E-state index is 12.7. The van der Waals surface area contributed by atoms with Gasteiger partial charge in [0.25, 0.3) is 5.91 Å². The number of nitrogens with zero attached hydrogens (tertiary/aromatic N) is 2. The summed E-state index contributed by atoms with van der Waals surface area (Å²) in [5.41, 5.74) is 0.894. The van der Waals surface area contributed by atoms with Gasteiger partial charge in [0.05, 0.1) is 5.69 Å². The number of rotatable bonds is 6. The number of benzene rings is 2. The van der Waals surface area contributed by atoms with Crippen molar-refractivity contribution >= 4 is 17.5 Å². The lowest BCUT2D eigenvalue weighted by Crippen LogP contribution is -2.19. The Hall–Kier alpha value is -3.41. The molecule has 6 nitrogen and oxygen atoms in total. The van der Waals surface area contributed by atoms with Crippen LogP contribution in [0.2, 0.25) is 0 Å². The average molecular weight is 374 g/mol. The molecule has 3 aromatic rings. The highest BCUT2D eigenvalue weighted by atomic mass is 16.5. The quantitative estimate of drug-likeness (QED) is 0.643. The van der Waals surface area contributed by atoms with Crippen molar-refractivity contribution in [2.24, 2.45) is 0 Å². The zero-order valence-corrected chi connectivity index (χ0v) is 15.5. The van der Waals surface area contributed by atoms with Crippen LogP contribution >= 0.6 is 0 Å². The summed E-state index contributed by atoms with van der Waals surface area (Å²) in [5, 5.41) is 6.20. The van der Waals surface area contributed by atoms with E-state index in [0.29, 0.717) is 34.9 Å². The van der Waals surface area contributed by atoms with E-state index in [2.05, 4.69) is 20.6 Å². The maximum absolute atomic E-state index is 12.7. The van der Waals surface area contributed by atoms with E-state index in [-0.39, 0.29) is 5.91 Å². The summed E-state index contributed by atoms with van der Waals surface area (Å²) in [5.74, 6) is 1.46. The summed E-state index contributed by atoms with van der Waals surface area (Å²) in [6.07, 6.45) is 6.27. The molecule has 1 fully saturated rings. The van der Waals surface area contributed by atoms with Gasteiger partial charge in [-0.1, -0.05) is 43.2 Å². The van der Waals surface area contributed by atoms with Crippen LogP contribution in [0.4, 0.5) is 11.6 Å². The number of hydrogen-bond acceptors (Lipinski definition) is 5. The molecule has 142 valence electrons. The monoisotopic (exact) mass is 374 g/mol. The SMILES string of the molecule is O=C(Nc1ccccc1Oc1ccccc1)c1ccnc(NC2CCCC2)n1. The number of nitrogens with one attached hydrogen (secondary N) is 2. The van der Waals surface area contributed by atoms with Crippen LogP contribution < -0.4 is 15.4 Å². The fourth-order valence-electron chi connectivity index (χ4n) is 3.27. The molecule has 2 aromatic carbocycles. The standard InChI is InChI=1S/C22H22N4O2/c27-21(19-14-15-23-22(26-19)24-16-8-4-5-9-16)25-18-12-6-7-13-20(18)28-17-10-2-1-3-11-17/h1-3,6-7,10-16H,4-5,8-9H2,(H,25,27)(H,23,24,26). The van der Waals surface area contributed by atoms with Gasteiger partial charge in [-0.05, 0) is 43.2 Å². The van der Waals surface area contributed by atoms with Crippen LogP contribution in [0.25, 0.3) is 0 Å². The first-order valence-corrected chi connectivity index (χ1v) is 9.51. The smallest absolute Gasteiger partial charge is 0.274 e. The summed E-state index contributed by atoms with van der Waals surface area (Å²) in [6.45, 7) is 0. The first-order chi connectivity index (χ1) is 13.8. The topological polar surface area (TPSA) is 76.1 Å². The molecule has 0 saturated heterocycles. The first-order valence-electron chi connectivity index (χ1n) is 9.51. The zero-order valence-electron chi connectivity index (χ0n) is 15.5. The lowest BCUT2D eigenvalue weighted by molar-refractivity contribution is 0.102. The van der Waals surface area contributed by atoms with Gasteiger partial charge in [0, 0.05) is 12.2 Å². The van der Waals surface area contributed by atoms with Gasteiger partial charge in [0.15, 0.2) is 5.75 Å². The number of para-hydroxylation sites is 3. The molecule has 1 aromatic heterocycles. The van der Waals surface area contributed by atoms with Gasteiger partial charge in [-0.3, -0.25) is 4.79 Å². The summed E-state index contributed by atoms with van der Waals surface area (Å²) < 4.78 is 5.90. The van der Waals surface area contributed by atoms with Crippen molar-refractivity contribution in [3.8, 4) is 11.5 Å². The van der Waals surface area contributed by atoms with Crippen LogP contribution in [0.1, 0.15) is 36.2 Å². The van der Waals surface area contributed by atoms with E-state index in [1.54, 1.807) is 18.3 Å². The van der Waals surface area contributed by atoms with Gasteiger partial charge in [-0.25, -0.2) is 9.97 Å². The summed E-state index contributed by atoms with van der Waals surface area (Å²) >= 11 is 0. The molecule has 1 amide bonds. The second kappa shape index (κ2) is 8.52. The molecule has 1 aliphatic rings. The van der Waals surface area contributed by atoms with Gasteiger partial charge in [-0.15, -0.1) is 0 Å². The third-order valence-corrected chi connectivity index (χ3v) is 4.68. The predicted octanol–water partition coefficient (Wildman–Crippen LogP) is 4.88. The highest BCUT2D eigenvalue weighted by Crippen LogP contribution is 2.29. The van der Waals surface area contributed by atoms with E-state index in [9.17, 15) is 4.79 Å². The van der Waals surface area contributed by atoms with Crippen molar-refractivity contribution in [1.29, 1.82) is 0 Å². The van der Waals surface area contributed by atoms with Crippen LogP contribution in [0.5, 0.6) is 11.5 Å². The fraction of sp³-hybridized carbons (Fsp3) is 0.227. The van der Waals surface area contributed by atoms with E-state index in [4.69, 9.17) is 4.74 Å². The second-order valence-corrected chi connectivity index (χ2v) is 6.76. The lowest BCUT2D eigenvalue weighted by Gasteiger charge is -2.13. The van der Waals surface area contributed by atoms with Crippen LogP contribution in [0, 0.1) is 0 Å². The zero-order chi connectivity index (χ0) is 19.2. The lowest BCUT2D eigenvalue weighted by atomic mass is 10.2. The van der Waals surface area contributed by atoms with Gasteiger partial charge >= 0.3 is 0 Å². The average Bonchev–Trinajstić information content (AvgIpc) is 3.23. The van der Waals surface area contributed by atoms with Crippen molar-refractivity contribution in [1.82, 2.24) is 9.97 Å². The maximum Gasteiger partial charge on any atom is 0.274 e. The molecule has 6 heteroatoms. The Morgan fingerprint density at radius 1 is 0.964 bits per heavy atom. The van der Waals surface area contributed by atoms with Crippen molar-refractivity contribution in [3.05, 3.63) is 72.6 Å². The minimum atomic E-state index is -0.305. The molecule has 0 spiro atoms. The Balaban J connectivity index is 1.48. The van der Waals surface area contributed by atoms with E-state index >= 15 is 0 Å². The summed E-state index contributed by atoms with van der Waals surface area (Å²) in [6, 6.07) is 18.8. The van der Waals surface area contributed by atoms with Crippen LogP contribution in [0.3, 0.4) is 0 Å². The number of ether oxygens (including phenoxy) is 1. The van der Waals surface area contributed by atoms with Crippen LogP contribution in [-0.4, -0.2) is 21.9 Å². The molecule has 0 unspecified atom stereocenters. The Kier molecular flexibility index (Phi) is 5.47. The molecule has 1 aliphatic carbocycles. The number of hydrogen-bond donors (Lipinski definition) is 2. The number of carbonyl (C=O) groups excluding carboxylic acids is 1. The Labute approximate surface area is 164 Å². The van der Waals surface area contributed by atoms with Crippen molar-refractivity contribution < 1.29 is 9.53 Å². The molecule has 1 heterocycles. The second-order valence-electron chi connectivity index (χ2n) is 6.76. The minimum absolute atomic E-state index is 0.305. The van der Waals surface area contributed by atoms with Crippen molar-refractivity contribution in [2.45, 2.75) is 31.7 Å². The minimum Gasteiger partial charge on any atom is -0.455 e. The third-order valence-electron chi connectivity index (χ3n) is 4.68. The van der Waals surface area contributed by atoms with E-state index in [0.717, 1.165) is 12.8 Å². The largest absolute Gasteiger partial charge is 0.455 e. The Morgan fingerprint density at radius 3 is 2.54 bits per heavy atom. The van der Waals surface area contributed by atoms with Crippen molar-refractivity contribution in [2.75, 3.05) is 10.6 Å². The molecule has 0 radical (unpaired) electrons. The van der Waals surface area contributed by atoms with Gasteiger partial charge in [0.2, 0.25) is 5.95 Å². The fourth-order valence-corrected chi connectivity index (χ4v) is 3.27. The van der Waals surface area contributed by atoms with Crippen molar-refractivity contribution in [3.63, 3.8) is 0 Å². The Bertz CT molecular complexity index is 940. The molecule has 28 heavy (non-hydrogen) atoms. The normalized spacial score (nSPS) is 13.9. The van der Waals surface area contributed by atoms with Gasteiger partial charge in [-0.2, -0.15) is 0 Å². The number of anilines is 2. The predicted molar refractivity (Wildman–Crippen MR) is 109 cm³/mol. The third kappa shape index (κ3) is 4.46. The van der Waals surface area contributed by atoms with E-state index in [1.807, 2.05) is 48.5 Å². The highest BCUT2D eigenvalue weighted by Gasteiger charge is 2.17. The molecule has 0 bridgehead atoms. The van der Waals surface area contributed by atoms with Gasteiger partial charge in [0.1, 0.15) is 11.4 Å². The van der Waals surface area contributed by atoms with Crippen LogP contribution in [-0.2, 0) is 0 Å².